The summed E-state index contributed by atoms with van der Waals surface area (Å²) in [5.41, 5.74) is 0. The van der Waals surface area contributed by atoms with Crippen LogP contribution in [-0.2, 0) is 14.3 Å². The normalized spacial score (nSPS) is 12.6. The van der Waals surface area contributed by atoms with Crippen molar-refractivity contribution in [2.45, 2.75) is 469 Å². The van der Waals surface area contributed by atoms with Crippen molar-refractivity contribution in [2.24, 2.45) is 0 Å². The highest BCUT2D eigenvalue weighted by Gasteiger charge is 2.20. The summed E-state index contributed by atoms with van der Waals surface area (Å²) in [7, 11) is 0. The van der Waals surface area contributed by atoms with Crippen LogP contribution < -0.4 is 5.32 Å². The van der Waals surface area contributed by atoms with E-state index in [0.29, 0.717) is 25.9 Å². The number of hydrogen-bond acceptors (Lipinski definition) is 5. The van der Waals surface area contributed by atoms with Crippen molar-refractivity contribution in [1.29, 1.82) is 0 Å². The fourth-order valence-corrected chi connectivity index (χ4v) is 12.9. The van der Waals surface area contributed by atoms with Gasteiger partial charge in [0.2, 0.25) is 5.91 Å². The van der Waals surface area contributed by atoms with Crippen LogP contribution in [0.15, 0.2) is 24.3 Å². The molecule has 0 rings (SSSR count). The minimum absolute atomic E-state index is 0.0176. The van der Waals surface area contributed by atoms with Crippen molar-refractivity contribution in [3.05, 3.63) is 24.3 Å². The van der Waals surface area contributed by atoms with Crippen molar-refractivity contribution < 1.29 is 24.5 Å². The standard InChI is InChI=1S/C81H157NO5/c1-3-5-7-9-11-13-15-17-19-21-23-24-32-35-38-41-45-49-53-57-61-65-69-73-79(84)78(77-83)82-80(85)74-70-66-62-58-54-50-46-42-39-36-33-30-28-26-25-27-29-31-34-37-40-44-48-52-56-60-64-68-72-76-87-81(86)75-71-67-63-59-55-51-47-43-22-20-18-16-14-12-10-8-6-4-2/h25,27,31,34,78-79,83-84H,3-24,26,28-30,32-33,35-77H2,1-2H3,(H,82,85)/b27-25-,34-31-. The van der Waals surface area contributed by atoms with Gasteiger partial charge in [0.15, 0.2) is 0 Å². The zero-order valence-electron chi connectivity index (χ0n) is 59.3. The summed E-state index contributed by atoms with van der Waals surface area (Å²) in [6, 6.07) is -0.544. The first-order valence-corrected chi connectivity index (χ1v) is 40.1. The maximum absolute atomic E-state index is 12.6. The third kappa shape index (κ3) is 73.3. The number of aliphatic hydroxyl groups excluding tert-OH is 2. The second kappa shape index (κ2) is 76.8. The van der Waals surface area contributed by atoms with Crippen molar-refractivity contribution in [3.63, 3.8) is 0 Å². The van der Waals surface area contributed by atoms with Crippen LogP contribution in [0, 0.1) is 0 Å². The Hall–Kier alpha value is -1.66. The summed E-state index contributed by atoms with van der Waals surface area (Å²) in [5.74, 6) is -0.0128. The Morgan fingerprint density at radius 1 is 0.322 bits per heavy atom. The molecule has 0 heterocycles. The summed E-state index contributed by atoms with van der Waals surface area (Å²) in [4.78, 5) is 24.7. The summed E-state index contributed by atoms with van der Waals surface area (Å²) in [6.45, 7) is 5.01. The molecule has 0 aliphatic rings. The molecule has 3 N–H and O–H groups in total. The molecule has 0 spiro atoms. The van der Waals surface area contributed by atoms with Crippen LogP contribution >= 0.6 is 0 Å². The van der Waals surface area contributed by atoms with Gasteiger partial charge in [-0.15, -0.1) is 0 Å². The Morgan fingerprint density at radius 3 is 0.874 bits per heavy atom. The topological polar surface area (TPSA) is 95.9 Å². The average Bonchev–Trinajstić information content (AvgIpc) is 3.52. The largest absolute Gasteiger partial charge is 0.466 e. The maximum Gasteiger partial charge on any atom is 0.305 e. The molecule has 0 fully saturated rings. The summed E-state index contributed by atoms with van der Waals surface area (Å²) in [6.07, 6.45) is 98.4. The average molecular weight is 1230 g/mol. The van der Waals surface area contributed by atoms with Gasteiger partial charge in [0.05, 0.1) is 25.4 Å². The maximum atomic E-state index is 12.6. The van der Waals surface area contributed by atoms with Gasteiger partial charge in [0.1, 0.15) is 0 Å². The first-order valence-electron chi connectivity index (χ1n) is 40.1. The molecule has 2 unspecified atom stereocenters. The number of carbonyl (C=O) groups is 2. The van der Waals surface area contributed by atoms with Crippen molar-refractivity contribution in [1.82, 2.24) is 5.32 Å². The first-order chi connectivity index (χ1) is 43.0. The lowest BCUT2D eigenvalue weighted by Gasteiger charge is -2.22. The van der Waals surface area contributed by atoms with Crippen LogP contribution in [0.4, 0.5) is 0 Å². The molecule has 516 valence electrons. The van der Waals surface area contributed by atoms with E-state index in [0.717, 1.165) is 44.9 Å². The van der Waals surface area contributed by atoms with Crippen molar-refractivity contribution in [3.8, 4) is 0 Å². The second-order valence-corrected chi connectivity index (χ2v) is 27.8. The number of aliphatic hydroxyl groups is 2. The highest BCUT2D eigenvalue weighted by atomic mass is 16.5. The number of amides is 1. The van der Waals surface area contributed by atoms with E-state index < -0.39 is 12.1 Å². The highest BCUT2D eigenvalue weighted by molar-refractivity contribution is 5.76. The molecular weight excluding hydrogens is 1070 g/mol. The van der Waals surface area contributed by atoms with E-state index in [4.69, 9.17) is 4.74 Å². The van der Waals surface area contributed by atoms with Gasteiger partial charge >= 0.3 is 5.97 Å². The predicted octanol–water partition coefficient (Wildman–Crippen LogP) is 26.4. The van der Waals surface area contributed by atoms with Gasteiger partial charge in [-0.2, -0.15) is 0 Å². The Kier molecular flexibility index (Phi) is 75.3. The Bertz CT molecular complexity index is 1360. The van der Waals surface area contributed by atoms with Crippen molar-refractivity contribution >= 4 is 11.9 Å². The summed E-state index contributed by atoms with van der Waals surface area (Å²) in [5, 5.41) is 23.5. The molecular formula is C81H157NO5. The number of carbonyl (C=O) groups excluding carboxylic acids is 2. The first kappa shape index (κ1) is 85.3. The lowest BCUT2D eigenvalue weighted by molar-refractivity contribution is -0.143. The van der Waals surface area contributed by atoms with Gasteiger partial charge in [-0.1, -0.05) is 411 Å². The number of ether oxygens (including phenoxy) is 1. The van der Waals surface area contributed by atoms with Crippen LogP contribution in [0.5, 0.6) is 0 Å². The monoisotopic (exact) mass is 1220 g/mol. The Morgan fingerprint density at radius 2 is 0.575 bits per heavy atom. The van der Waals surface area contributed by atoms with E-state index in [1.807, 2.05) is 0 Å². The second-order valence-electron chi connectivity index (χ2n) is 27.8. The van der Waals surface area contributed by atoms with Crippen LogP contribution in [0.1, 0.15) is 457 Å². The minimum Gasteiger partial charge on any atom is -0.466 e. The molecule has 6 nitrogen and oxygen atoms in total. The molecule has 0 aromatic rings. The molecule has 87 heavy (non-hydrogen) atoms. The number of unbranched alkanes of at least 4 members (excludes halogenated alkanes) is 61. The molecule has 0 radical (unpaired) electrons. The van der Waals surface area contributed by atoms with E-state index in [-0.39, 0.29) is 18.5 Å². The third-order valence-electron chi connectivity index (χ3n) is 19.0. The molecule has 0 aliphatic carbocycles. The molecule has 0 aromatic heterocycles. The molecule has 2 atom stereocenters. The smallest absolute Gasteiger partial charge is 0.305 e. The third-order valence-corrected chi connectivity index (χ3v) is 19.0. The van der Waals surface area contributed by atoms with Gasteiger partial charge in [-0.05, 0) is 57.8 Å². The molecule has 0 bridgehead atoms. The zero-order valence-corrected chi connectivity index (χ0v) is 59.3. The van der Waals surface area contributed by atoms with Crippen LogP contribution in [0.3, 0.4) is 0 Å². The van der Waals surface area contributed by atoms with Crippen LogP contribution in [0.25, 0.3) is 0 Å². The van der Waals surface area contributed by atoms with E-state index >= 15 is 0 Å². The number of rotatable bonds is 76. The van der Waals surface area contributed by atoms with Gasteiger partial charge in [-0.3, -0.25) is 9.59 Å². The van der Waals surface area contributed by atoms with Gasteiger partial charge in [0.25, 0.3) is 0 Å². The molecule has 0 aromatic carbocycles. The van der Waals surface area contributed by atoms with Gasteiger partial charge in [-0.25, -0.2) is 0 Å². The van der Waals surface area contributed by atoms with E-state index in [9.17, 15) is 19.8 Å². The fourth-order valence-electron chi connectivity index (χ4n) is 12.9. The molecule has 1 amide bonds. The highest BCUT2D eigenvalue weighted by Crippen LogP contribution is 2.20. The van der Waals surface area contributed by atoms with E-state index in [1.54, 1.807) is 0 Å². The molecule has 0 saturated heterocycles. The van der Waals surface area contributed by atoms with Gasteiger partial charge < -0.3 is 20.3 Å². The summed E-state index contributed by atoms with van der Waals surface area (Å²) >= 11 is 0. The summed E-state index contributed by atoms with van der Waals surface area (Å²) < 4.78 is 5.51. The minimum atomic E-state index is -0.667. The number of hydrogen-bond donors (Lipinski definition) is 3. The van der Waals surface area contributed by atoms with E-state index in [2.05, 4.69) is 43.5 Å². The number of esters is 1. The quantitative estimate of drug-likeness (QED) is 0.0320. The molecule has 0 aliphatic heterocycles. The zero-order chi connectivity index (χ0) is 62.8. The van der Waals surface area contributed by atoms with Crippen LogP contribution in [-0.4, -0.2) is 47.4 Å². The lowest BCUT2D eigenvalue weighted by atomic mass is 10.0. The molecule has 6 heteroatoms. The predicted molar refractivity (Wildman–Crippen MR) is 384 cm³/mol. The number of allylic oxidation sites excluding steroid dienone is 4. The van der Waals surface area contributed by atoms with E-state index in [1.165, 1.54) is 379 Å². The SMILES string of the molecule is CCCCCCCCCCCCCCCCCCCCCCCCCC(O)C(CO)NC(=O)CCCCCCCCCCCCCCC/C=C\C/C=C\CCCCCCCCCCCOC(=O)CCCCCCCCCCCCCCCCCCCC. The van der Waals surface area contributed by atoms with Gasteiger partial charge in [0, 0.05) is 12.8 Å². The molecule has 0 saturated carbocycles. The lowest BCUT2D eigenvalue weighted by Crippen LogP contribution is -2.45. The van der Waals surface area contributed by atoms with Crippen LogP contribution in [0.2, 0.25) is 0 Å². The Labute approximate surface area is 545 Å². The fraction of sp³-hybridized carbons (Fsp3) is 0.926. The van der Waals surface area contributed by atoms with Crippen molar-refractivity contribution in [2.75, 3.05) is 13.2 Å². The Balaban J connectivity index is 3.39. The number of nitrogens with one attached hydrogen (secondary N) is 1.